The quantitative estimate of drug-likeness (QED) is 0.377. The molecule has 0 atom stereocenters. The van der Waals surface area contributed by atoms with E-state index >= 15 is 0 Å². The van der Waals surface area contributed by atoms with Gasteiger partial charge in [0, 0.05) is 36.7 Å². The van der Waals surface area contributed by atoms with Crippen LogP contribution in [0, 0.1) is 20.8 Å². The zero-order valence-corrected chi connectivity index (χ0v) is 22.2. The molecule has 1 aliphatic rings. The molecule has 3 aromatic heterocycles. The molecule has 0 bridgehead atoms. The van der Waals surface area contributed by atoms with E-state index in [2.05, 4.69) is 30.6 Å². The van der Waals surface area contributed by atoms with E-state index in [1.165, 1.54) is 17.8 Å². The summed E-state index contributed by atoms with van der Waals surface area (Å²) in [4.78, 5) is 19.6. The number of hydrogen-bond acceptors (Lipinski definition) is 6. The summed E-state index contributed by atoms with van der Waals surface area (Å²) in [5.74, 6) is -0.573. The number of halogens is 3. The number of pyridine rings is 1. The van der Waals surface area contributed by atoms with Crippen molar-refractivity contribution in [3.8, 4) is 16.9 Å². The lowest BCUT2D eigenvalue weighted by Gasteiger charge is -2.21. The smallest absolute Gasteiger partial charge is 0.322 e. The largest absolute Gasteiger partial charge is 0.416 e. The first-order valence-electron chi connectivity index (χ1n) is 12.6. The summed E-state index contributed by atoms with van der Waals surface area (Å²) in [5, 5.41) is 15.3. The van der Waals surface area contributed by atoms with Gasteiger partial charge in [0.25, 0.3) is 5.91 Å². The van der Waals surface area contributed by atoms with Gasteiger partial charge in [-0.1, -0.05) is 5.21 Å². The van der Waals surface area contributed by atoms with Gasteiger partial charge in [-0.2, -0.15) is 18.3 Å². The van der Waals surface area contributed by atoms with E-state index in [0.717, 1.165) is 43.3 Å². The number of likely N-dealkylation sites (tertiary alicyclic amines) is 1. The van der Waals surface area contributed by atoms with Crippen LogP contribution in [0.5, 0.6) is 0 Å². The molecule has 1 amide bonds. The number of benzene rings is 1. The lowest BCUT2D eigenvalue weighted by atomic mass is 10.00. The molecule has 1 aliphatic heterocycles. The maximum Gasteiger partial charge on any atom is 0.416 e. The van der Waals surface area contributed by atoms with Crippen molar-refractivity contribution in [2.24, 2.45) is 7.05 Å². The number of anilines is 1. The van der Waals surface area contributed by atoms with Crippen LogP contribution in [0.1, 0.15) is 51.3 Å². The molecule has 0 unspecified atom stereocenters. The van der Waals surface area contributed by atoms with Crippen LogP contribution >= 0.6 is 0 Å². The predicted octanol–water partition coefficient (Wildman–Crippen LogP) is 4.85. The van der Waals surface area contributed by atoms with E-state index < -0.39 is 17.6 Å². The summed E-state index contributed by atoms with van der Waals surface area (Å²) < 4.78 is 44.8. The van der Waals surface area contributed by atoms with Gasteiger partial charge in [-0.15, -0.1) is 5.10 Å². The van der Waals surface area contributed by atoms with Crippen LogP contribution < -0.4 is 5.32 Å². The zero-order chi connectivity index (χ0) is 27.9. The van der Waals surface area contributed by atoms with E-state index in [1.807, 2.05) is 14.0 Å². The minimum absolute atomic E-state index is 0.0874. The van der Waals surface area contributed by atoms with Crippen molar-refractivity contribution in [2.75, 3.05) is 18.4 Å². The maximum atomic E-state index is 13.9. The average Bonchev–Trinajstić information content (AvgIpc) is 3.63. The van der Waals surface area contributed by atoms with Gasteiger partial charge >= 0.3 is 6.18 Å². The minimum Gasteiger partial charge on any atom is -0.322 e. The molecule has 0 aliphatic carbocycles. The molecule has 204 valence electrons. The fourth-order valence-electron chi connectivity index (χ4n) is 4.82. The van der Waals surface area contributed by atoms with Crippen LogP contribution in [0.4, 0.5) is 18.9 Å². The Bertz CT molecular complexity index is 1530. The van der Waals surface area contributed by atoms with Crippen molar-refractivity contribution in [3.63, 3.8) is 0 Å². The first-order chi connectivity index (χ1) is 18.5. The molecule has 4 heterocycles. The topological polar surface area (TPSA) is 93.8 Å². The summed E-state index contributed by atoms with van der Waals surface area (Å²) in [6.07, 6.45) is 2.32. The highest BCUT2D eigenvalue weighted by molar-refractivity contribution is 6.04. The molecular formula is C27H29F3N8O. The van der Waals surface area contributed by atoms with E-state index in [-0.39, 0.29) is 16.8 Å². The van der Waals surface area contributed by atoms with Crippen LogP contribution in [0.15, 0.2) is 36.8 Å². The number of carbonyl (C=O) groups excluding carboxylic acids is 1. The SMILES string of the molecule is Cc1ncc(C(=O)Nc2cc(CN3CCCC3)c(C)c(C(F)(F)F)c2)cc1-n1cc(-c2cnn(C)c2C)nn1. The number of rotatable bonds is 6. The Balaban J connectivity index is 1.43. The number of aryl methyl sites for hydroxylation is 2. The number of alkyl halides is 3. The molecule has 1 aromatic carbocycles. The molecule has 12 heteroatoms. The summed E-state index contributed by atoms with van der Waals surface area (Å²) in [5.41, 5.74) is 3.73. The van der Waals surface area contributed by atoms with Crippen LogP contribution in [-0.2, 0) is 19.8 Å². The number of aromatic nitrogens is 6. The van der Waals surface area contributed by atoms with E-state index in [0.29, 0.717) is 29.2 Å². The van der Waals surface area contributed by atoms with Gasteiger partial charge in [0.1, 0.15) is 5.69 Å². The van der Waals surface area contributed by atoms with Crippen molar-refractivity contribution >= 4 is 11.6 Å². The summed E-state index contributed by atoms with van der Waals surface area (Å²) >= 11 is 0. The third kappa shape index (κ3) is 5.42. The second-order valence-corrected chi connectivity index (χ2v) is 9.89. The van der Waals surface area contributed by atoms with Crippen molar-refractivity contribution in [3.05, 3.63) is 70.4 Å². The van der Waals surface area contributed by atoms with Gasteiger partial charge in [-0.05, 0) is 76.0 Å². The number of hydrogen-bond donors (Lipinski definition) is 1. The first-order valence-corrected chi connectivity index (χ1v) is 12.6. The normalized spacial score (nSPS) is 14.2. The van der Waals surface area contributed by atoms with Crippen molar-refractivity contribution < 1.29 is 18.0 Å². The minimum atomic E-state index is -4.54. The second-order valence-electron chi connectivity index (χ2n) is 9.89. The Morgan fingerprint density at radius 1 is 1.08 bits per heavy atom. The molecule has 0 spiro atoms. The third-order valence-electron chi connectivity index (χ3n) is 7.24. The monoisotopic (exact) mass is 538 g/mol. The average molecular weight is 539 g/mol. The Morgan fingerprint density at radius 2 is 1.82 bits per heavy atom. The summed E-state index contributed by atoms with van der Waals surface area (Å²) in [6.45, 7) is 7.27. The predicted molar refractivity (Wildman–Crippen MR) is 139 cm³/mol. The highest BCUT2D eigenvalue weighted by Gasteiger charge is 2.34. The van der Waals surface area contributed by atoms with E-state index in [9.17, 15) is 18.0 Å². The number of carbonyl (C=O) groups is 1. The zero-order valence-electron chi connectivity index (χ0n) is 22.2. The molecule has 9 nitrogen and oxygen atoms in total. The van der Waals surface area contributed by atoms with Crippen LogP contribution in [0.25, 0.3) is 16.9 Å². The summed E-state index contributed by atoms with van der Waals surface area (Å²) in [7, 11) is 1.83. The van der Waals surface area contributed by atoms with Crippen molar-refractivity contribution in [1.82, 2.24) is 34.7 Å². The second kappa shape index (κ2) is 10.3. The third-order valence-corrected chi connectivity index (χ3v) is 7.24. The fourth-order valence-corrected chi connectivity index (χ4v) is 4.82. The van der Waals surface area contributed by atoms with Gasteiger partial charge in [-0.3, -0.25) is 19.4 Å². The van der Waals surface area contributed by atoms with Gasteiger partial charge < -0.3 is 5.32 Å². The van der Waals surface area contributed by atoms with E-state index in [4.69, 9.17) is 0 Å². The Kier molecular flexibility index (Phi) is 6.98. The molecule has 1 fully saturated rings. The van der Waals surface area contributed by atoms with Crippen molar-refractivity contribution in [1.29, 1.82) is 0 Å². The fraction of sp³-hybridized carbons (Fsp3) is 0.370. The molecule has 1 N–H and O–H groups in total. The molecule has 0 saturated carbocycles. The highest BCUT2D eigenvalue weighted by Crippen LogP contribution is 2.36. The van der Waals surface area contributed by atoms with Gasteiger partial charge in [-0.25, -0.2) is 4.68 Å². The summed E-state index contributed by atoms with van der Waals surface area (Å²) in [6, 6.07) is 4.21. The van der Waals surface area contributed by atoms with Crippen LogP contribution in [0.3, 0.4) is 0 Å². The van der Waals surface area contributed by atoms with Gasteiger partial charge in [0.05, 0.1) is 34.9 Å². The van der Waals surface area contributed by atoms with Crippen molar-refractivity contribution in [2.45, 2.75) is 46.3 Å². The Hall–Kier alpha value is -4.06. The maximum absolute atomic E-state index is 13.9. The van der Waals surface area contributed by atoms with E-state index in [1.54, 1.807) is 36.1 Å². The Morgan fingerprint density at radius 3 is 2.49 bits per heavy atom. The van der Waals surface area contributed by atoms with Crippen LogP contribution in [-0.4, -0.2) is 53.7 Å². The number of amides is 1. The molecule has 0 radical (unpaired) electrons. The lowest BCUT2D eigenvalue weighted by Crippen LogP contribution is -2.21. The standard InChI is InChI=1S/C27H29F3N8O/c1-16-20(14-37-7-5-6-8-37)9-21(11-23(16)27(28,29)30)33-26(39)19-10-25(17(2)31-12-19)38-15-24(34-35-38)22-13-32-36(4)18(22)3/h9-13,15H,5-8,14H2,1-4H3,(H,33,39). The van der Waals surface area contributed by atoms with Crippen LogP contribution in [0.2, 0.25) is 0 Å². The number of nitrogens with zero attached hydrogens (tertiary/aromatic N) is 7. The lowest BCUT2D eigenvalue weighted by molar-refractivity contribution is -0.138. The molecule has 4 aromatic rings. The highest BCUT2D eigenvalue weighted by atomic mass is 19.4. The van der Waals surface area contributed by atoms with Gasteiger partial charge in [0.15, 0.2) is 0 Å². The Labute approximate surface area is 223 Å². The molecule has 1 saturated heterocycles. The first kappa shape index (κ1) is 26.5. The molecule has 39 heavy (non-hydrogen) atoms. The molecule has 5 rings (SSSR count). The number of nitrogens with one attached hydrogen (secondary N) is 1. The molecular weight excluding hydrogens is 509 g/mol. The van der Waals surface area contributed by atoms with Gasteiger partial charge in [0.2, 0.25) is 0 Å².